The average Bonchev–Trinajstić information content (AvgIpc) is 3.41. The van der Waals surface area contributed by atoms with Gasteiger partial charge in [0.25, 0.3) is 5.91 Å². The lowest BCUT2D eigenvalue weighted by Gasteiger charge is -2.41. The average molecular weight is 621 g/mol. The molecule has 44 heavy (non-hydrogen) atoms. The zero-order chi connectivity index (χ0) is 31.5. The van der Waals surface area contributed by atoms with Crippen molar-refractivity contribution in [2.45, 2.75) is 44.2 Å². The highest BCUT2D eigenvalue weighted by molar-refractivity contribution is 5.95. The van der Waals surface area contributed by atoms with Gasteiger partial charge < -0.3 is 14.6 Å². The summed E-state index contributed by atoms with van der Waals surface area (Å²) >= 11 is 0. The Hall–Kier alpha value is -3.53. The van der Waals surface area contributed by atoms with Crippen LogP contribution in [0.3, 0.4) is 0 Å². The van der Waals surface area contributed by atoms with Gasteiger partial charge in [-0.15, -0.1) is 0 Å². The van der Waals surface area contributed by atoms with Crippen LogP contribution in [-0.2, 0) is 23.5 Å². The van der Waals surface area contributed by atoms with E-state index in [4.69, 9.17) is 4.74 Å². The Labute approximate surface area is 251 Å². The molecule has 2 saturated heterocycles. The number of ether oxygens (including phenoxy) is 1. The summed E-state index contributed by atoms with van der Waals surface area (Å²) in [6.07, 6.45) is -6.95. The molecule has 3 heterocycles. The van der Waals surface area contributed by atoms with Gasteiger partial charge in [-0.25, -0.2) is 0 Å². The fourth-order valence-electron chi connectivity index (χ4n) is 5.90. The highest BCUT2D eigenvalue weighted by Gasteiger charge is 2.39. The van der Waals surface area contributed by atoms with Crippen molar-refractivity contribution in [3.63, 3.8) is 0 Å². The van der Waals surface area contributed by atoms with Crippen LogP contribution in [0.2, 0.25) is 0 Å². The molecule has 236 valence electrons. The lowest BCUT2D eigenvalue weighted by molar-refractivity contribution is -0.143. The summed E-state index contributed by atoms with van der Waals surface area (Å²) in [6, 6.07) is 8.46. The number of hydrogen-bond donors (Lipinski definition) is 1. The molecule has 0 bridgehead atoms. The second-order valence-electron chi connectivity index (χ2n) is 11.2. The van der Waals surface area contributed by atoms with E-state index in [1.54, 1.807) is 0 Å². The SMILES string of the molecule is CC[C@H]1COCCN1CC#CCN1CCN(C(=O)c2cc(C(F)(F)F)cc(C(F)(F)F)c2)[C@H](Cc2c[nH]c3ccccc23)C1. The number of alkyl halides is 6. The Morgan fingerprint density at radius 1 is 0.955 bits per heavy atom. The number of fused-ring (bicyclic) bond motifs is 1. The zero-order valence-corrected chi connectivity index (χ0v) is 24.3. The number of benzene rings is 2. The van der Waals surface area contributed by atoms with Gasteiger partial charge in [-0.1, -0.05) is 37.0 Å². The summed E-state index contributed by atoms with van der Waals surface area (Å²) in [4.78, 5) is 22.6. The molecule has 1 amide bonds. The summed E-state index contributed by atoms with van der Waals surface area (Å²) in [5.41, 5.74) is -1.87. The Morgan fingerprint density at radius 2 is 1.66 bits per heavy atom. The standard InChI is InChI=1S/C32H34F6N4O2/c1-2-26-21-44-14-13-41(26)10-6-5-9-40-11-12-42(27(20-40)17-23-19-39-29-8-4-3-7-28(23)29)30(43)22-15-24(31(33,34)35)18-25(16-22)32(36,37)38/h3-4,7-8,15-16,18-19,26-27,39H,2,9-14,17,20-21H2,1H3/t26-,27+/m0/s1. The number of piperazine rings is 1. The van der Waals surface area contributed by atoms with Crippen molar-refractivity contribution in [3.05, 3.63) is 70.9 Å². The normalized spacial score (nSPS) is 20.5. The Morgan fingerprint density at radius 3 is 2.36 bits per heavy atom. The molecule has 6 nitrogen and oxygen atoms in total. The minimum absolute atomic E-state index is 0.0381. The molecule has 2 aliphatic heterocycles. The van der Waals surface area contributed by atoms with Gasteiger partial charge in [0.15, 0.2) is 0 Å². The molecule has 2 fully saturated rings. The molecule has 0 unspecified atom stereocenters. The number of nitrogens with zero attached hydrogens (tertiary/aromatic N) is 3. The highest BCUT2D eigenvalue weighted by atomic mass is 19.4. The van der Waals surface area contributed by atoms with Crippen molar-refractivity contribution in [3.8, 4) is 11.8 Å². The molecule has 2 aliphatic rings. The van der Waals surface area contributed by atoms with Crippen LogP contribution in [0.15, 0.2) is 48.7 Å². The van der Waals surface area contributed by atoms with Crippen LogP contribution in [0.4, 0.5) is 26.3 Å². The second-order valence-corrected chi connectivity index (χ2v) is 11.2. The fraction of sp³-hybridized carbons (Fsp3) is 0.469. The number of para-hydroxylation sites is 1. The summed E-state index contributed by atoms with van der Waals surface area (Å²) in [6.45, 7) is 6.17. The van der Waals surface area contributed by atoms with Gasteiger partial charge in [0.05, 0.1) is 37.4 Å². The molecule has 12 heteroatoms. The van der Waals surface area contributed by atoms with Crippen LogP contribution in [-0.4, -0.2) is 90.2 Å². The van der Waals surface area contributed by atoms with Gasteiger partial charge in [0, 0.05) is 60.9 Å². The highest BCUT2D eigenvalue weighted by Crippen LogP contribution is 2.37. The van der Waals surface area contributed by atoms with Crippen LogP contribution >= 0.6 is 0 Å². The Bertz CT molecular complexity index is 1490. The molecule has 1 N–H and O–H groups in total. The molecule has 0 aliphatic carbocycles. The van der Waals surface area contributed by atoms with Gasteiger partial charge in [0.1, 0.15) is 0 Å². The van der Waals surface area contributed by atoms with Crippen LogP contribution in [0, 0.1) is 11.8 Å². The second kappa shape index (κ2) is 13.2. The minimum Gasteiger partial charge on any atom is -0.378 e. The topological polar surface area (TPSA) is 51.8 Å². The van der Waals surface area contributed by atoms with Gasteiger partial charge in [0.2, 0.25) is 0 Å². The van der Waals surface area contributed by atoms with E-state index in [2.05, 4.69) is 33.5 Å². The molecule has 0 radical (unpaired) electrons. The molecule has 1 aromatic heterocycles. The van der Waals surface area contributed by atoms with Crippen molar-refractivity contribution in [2.24, 2.45) is 0 Å². The Kier molecular flexibility index (Phi) is 9.58. The molecular formula is C32H34F6N4O2. The number of amides is 1. The van der Waals surface area contributed by atoms with Crippen LogP contribution in [0.1, 0.15) is 40.4 Å². The maximum Gasteiger partial charge on any atom is 0.416 e. The number of aromatic nitrogens is 1. The van der Waals surface area contributed by atoms with E-state index in [-0.39, 0.29) is 12.6 Å². The fourth-order valence-corrected chi connectivity index (χ4v) is 5.90. The molecule has 2 atom stereocenters. The van der Waals surface area contributed by atoms with E-state index < -0.39 is 41.0 Å². The largest absolute Gasteiger partial charge is 0.416 e. The lowest BCUT2D eigenvalue weighted by Crippen LogP contribution is -2.56. The molecule has 5 rings (SSSR count). The third-order valence-corrected chi connectivity index (χ3v) is 8.32. The first-order valence-corrected chi connectivity index (χ1v) is 14.6. The van der Waals surface area contributed by atoms with Crippen molar-refractivity contribution in [2.75, 3.05) is 52.5 Å². The minimum atomic E-state index is -5.05. The third kappa shape index (κ3) is 7.39. The van der Waals surface area contributed by atoms with E-state index in [9.17, 15) is 31.1 Å². The van der Waals surface area contributed by atoms with Gasteiger partial charge in [-0.3, -0.25) is 14.6 Å². The maximum absolute atomic E-state index is 13.7. The summed E-state index contributed by atoms with van der Waals surface area (Å²) in [7, 11) is 0. The van der Waals surface area contributed by atoms with Crippen molar-refractivity contribution in [1.82, 2.24) is 19.7 Å². The van der Waals surface area contributed by atoms with Crippen molar-refractivity contribution >= 4 is 16.8 Å². The smallest absolute Gasteiger partial charge is 0.378 e. The number of hydrogen-bond acceptors (Lipinski definition) is 4. The third-order valence-electron chi connectivity index (χ3n) is 8.32. The first-order valence-electron chi connectivity index (χ1n) is 14.6. The number of carbonyl (C=O) groups excluding carboxylic acids is 1. The van der Waals surface area contributed by atoms with Crippen molar-refractivity contribution in [1.29, 1.82) is 0 Å². The first-order chi connectivity index (χ1) is 20.9. The number of aromatic amines is 1. The molecule has 0 saturated carbocycles. The lowest BCUT2D eigenvalue weighted by atomic mass is 9.98. The van der Waals surface area contributed by atoms with Crippen LogP contribution < -0.4 is 0 Å². The number of H-pyrrole nitrogens is 1. The predicted molar refractivity (Wildman–Crippen MR) is 154 cm³/mol. The molecular weight excluding hydrogens is 586 g/mol. The maximum atomic E-state index is 13.7. The predicted octanol–water partition coefficient (Wildman–Crippen LogP) is 5.69. The summed E-state index contributed by atoms with van der Waals surface area (Å²) in [5, 5.41) is 0.936. The van der Waals surface area contributed by atoms with E-state index in [0.29, 0.717) is 64.0 Å². The van der Waals surface area contributed by atoms with E-state index in [1.807, 2.05) is 30.5 Å². The first kappa shape index (κ1) is 31.9. The summed E-state index contributed by atoms with van der Waals surface area (Å²) < 4.78 is 86.9. The molecule has 2 aromatic carbocycles. The number of rotatable bonds is 6. The van der Waals surface area contributed by atoms with Gasteiger partial charge in [-0.2, -0.15) is 26.3 Å². The molecule has 3 aromatic rings. The number of nitrogens with one attached hydrogen (secondary N) is 1. The van der Waals surface area contributed by atoms with E-state index >= 15 is 0 Å². The zero-order valence-electron chi connectivity index (χ0n) is 24.3. The van der Waals surface area contributed by atoms with Crippen LogP contribution in [0.25, 0.3) is 10.9 Å². The van der Waals surface area contributed by atoms with Crippen molar-refractivity contribution < 1.29 is 35.9 Å². The number of carbonyl (C=O) groups is 1. The van der Waals surface area contributed by atoms with Gasteiger partial charge >= 0.3 is 12.4 Å². The number of halogens is 6. The number of morpholine rings is 1. The molecule has 0 spiro atoms. The Balaban J connectivity index is 1.38. The van der Waals surface area contributed by atoms with E-state index in [0.717, 1.165) is 29.4 Å². The quantitative estimate of drug-likeness (QED) is 0.285. The summed E-state index contributed by atoms with van der Waals surface area (Å²) in [5.74, 6) is 5.58. The van der Waals surface area contributed by atoms with Gasteiger partial charge in [-0.05, 0) is 42.7 Å². The van der Waals surface area contributed by atoms with E-state index in [1.165, 1.54) is 4.90 Å². The van der Waals surface area contributed by atoms with Crippen LogP contribution in [0.5, 0.6) is 0 Å². The monoisotopic (exact) mass is 620 g/mol.